The summed E-state index contributed by atoms with van der Waals surface area (Å²) in [5.41, 5.74) is 0.249. The molecule has 1 amide bonds. The van der Waals surface area contributed by atoms with Gasteiger partial charge < -0.3 is 10.4 Å². The fraction of sp³-hybridized carbons (Fsp3) is 0.385. The smallest absolute Gasteiger partial charge is 0.336 e. The Morgan fingerprint density at radius 2 is 1.94 bits per heavy atom. The molecule has 1 unspecified atom stereocenters. The van der Waals surface area contributed by atoms with Gasteiger partial charge in [0.25, 0.3) is 5.91 Å². The van der Waals surface area contributed by atoms with E-state index in [0.717, 1.165) is 12.2 Å². The van der Waals surface area contributed by atoms with Gasteiger partial charge in [0, 0.05) is 11.8 Å². The minimum atomic E-state index is -1.08. The molecule has 1 rings (SSSR count). The number of hydrogen-bond donors (Lipinski definition) is 2. The van der Waals surface area contributed by atoms with E-state index in [1.54, 1.807) is 23.9 Å². The summed E-state index contributed by atoms with van der Waals surface area (Å²) >= 11 is 1.65. The number of nitrogens with one attached hydrogen (secondary N) is 1. The third-order valence-electron chi connectivity index (χ3n) is 2.60. The number of aromatic carboxylic acids is 1. The largest absolute Gasteiger partial charge is 0.478 e. The molecular formula is C13H17NO3S. The summed E-state index contributed by atoms with van der Waals surface area (Å²) in [5.74, 6) is -0.593. The average molecular weight is 267 g/mol. The maximum Gasteiger partial charge on any atom is 0.336 e. The molecule has 0 aromatic heterocycles. The van der Waals surface area contributed by atoms with Crippen molar-refractivity contribution < 1.29 is 14.7 Å². The first kappa shape index (κ1) is 14.6. The highest BCUT2D eigenvalue weighted by molar-refractivity contribution is 7.98. The molecule has 0 aliphatic rings. The molecule has 0 aliphatic heterocycles. The van der Waals surface area contributed by atoms with Crippen LogP contribution in [0.15, 0.2) is 24.3 Å². The first-order chi connectivity index (χ1) is 8.60. The number of hydrogen-bond acceptors (Lipinski definition) is 3. The molecule has 2 N–H and O–H groups in total. The molecule has 1 aromatic rings. The highest BCUT2D eigenvalue weighted by Crippen LogP contribution is 2.10. The predicted octanol–water partition coefficient (Wildman–Crippen LogP) is 2.26. The number of benzene rings is 1. The van der Waals surface area contributed by atoms with Gasteiger partial charge in [0.2, 0.25) is 0 Å². The lowest BCUT2D eigenvalue weighted by atomic mass is 10.1. The first-order valence-corrected chi connectivity index (χ1v) is 7.11. The van der Waals surface area contributed by atoms with E-state index >= 15 is 0 Å². The molecule has 0 spiro atoms. The molecule has 5 heteroatoms. The minimum Gasteiger partial charge on any atom is -0.478 e. The van der Waals surface area contributed by atoms with Crippen LogP contribution in [-0.2, 0) is 0 Å². The normalized spacial score (nSPS) is 11.9. The molecule has 0 saturated carbocycles. The molecule has 0 fully saturated rings. The second kappa shape index (κ2) is 7.06. The molecule has 98 valence electrons. The summed E-state index contributed by atoms with van der Waals surface area (Å²) in [4.78, 5) is 23.1. The Labute approximate surface area is 111 Å². The van der Waals surface area contributed by atoms with Crippen LogP contribution in [0.5, 0.6) is 0 Å². The third kappa shape index (κ3) is 3.77. The molecule has 0 aliphatic carbocycles. The van der Waals surface area contributed by atoms with Crippen LogP contribution in [-0.4, -0.2) is 35.0 Å². The van der Waals surface area contributed by atoms with Crippen LogP contribution in [0.3, 0.4) is 0 Å². The van der Waals surface area contributed by atoms with Gasteiger partial charge in [-0.3, -0.25) is 4.79 Å². The second-order valence-corrected chi connectivity index (χ2v) is 4.80. The molecule has 0 radical (unpaired) electrons. The zero-order valence-electron chi connectivity index (χ0n) is 10.5. The van der Waals surface area contributed by atoms with Crippen LogP contribution >= 0.6 is 11.8 Å². The van der Waals surface area contributed by atoms with Crippen molar-refractivity contribution in [2.24, 2.45) is 0 Å². The van der Waals surface area contributed by atoms with E-state index < -0.39 is 5.97 Å². The minimum absolute atomic E-state index is 0.0361. The molecule has 1 atom stereocenters. The summed E-state index contributed by atoms with van der Waals surface area (Å²) < 4.78 is 0. The van der Waals surface area contributed by atoms with Crippen molar-refractivity contribution >= 4 is 23.6 Å². The van der Waals surface area contributed by atoms with Crippen molar-refractivity contribution in [2.45, 2.75) is 19.4 Å². The first-order valence-electron chi connectivity index (χ1n) is 5.72. The van der Waals surface area contributed by atoms with E-state index in [-0.39, 0.29) is 23.1 Å². The topological polar surface area (TPSA) is 66.4 Å². The number of rotatable bonds is 6. The molecular weight excluding hydrogens is 250 g/mol. The highest BCUT2D eigenvalue weighted by atomic mass is 32.2. The standard InChI is InChI=1S/C13H17NO3S/c1-3-9(8-18-2)14-12(15)10-6-4-5-7-11(10)13(16)17/h4-7,9H,3,8H2,1-2H3,(H,14,15)(H,16,17). The number of carboxylic acids is 1. The average Bonchev–Trinajstić information content (AvgIpc) is 2.38. The predicted molar refractivity (Wildman–Crippen MR) is 73.3 cm³/mol. The van der Waals surface area contributed by atoms with Crippen LogP contribution in [0.1, 0.15) is 34.1 Å². The van der Waals surface area contributed by atoms with Crippen LogP contribution in [0, 0.1) is 0 Å². The van der Waals surface area contributed by atoms with Gasteiger partial charge in [0.1, 0.15) is 0 Å². The van der Waals surface area contributed by atoms with Gasteiger partial charge in [-0.15, -0.1) is 0 Å². The van der Waals surface area contributed by atoms with Gasteiger partial charge >= 0.3 is 5.97 Å². The molecule has 0 heterocycles. The van der Waals surface area contributed by atoms with Crippen molar-refractivity contribution in [3.05, 3.63) is 35.4 Å². The molecule has 0 saturated heterocycles. The Hall–Kier alpha value is -1.49. The van der Waals surface area contributed by atoms with E-state index in [1.165, 1.54) is 12.1 Å². The van der Waals surface area contributed by atoms with E-state index in [4.69, 9.17) is 5.11 Å². The molecule has 0 bridgehead atoms. The number of amides is 1. The third-order valence-corrected chi connectivity index (χ3v) is 3.33. The van der Waals surface area contributed by atoms with E-state index in [2.05, 4.69) is 5.32 Å². The number of carbonyl (C=O) groups is 2. The summed E-state index contributed by atoms with van der Waals surface area (Å²) in [6, 6.07) is 6.31. The summed E-state index contributed by atoms with van der Waals surface area (Å²) in [6.45, 7) is 1.99. The van der Waals surface area contributed by atoms with Gasteiger partial charge in [-0.2, -0.15) is 11.8 Å². The zero-order chi connectivity index (χ0) is 13.5. The Balaban J connectivity index is 2.87. The highest BCUT2D eigenvalue weighted by Gasteiger charge is 2.17. The lowest BCUT2D eigenvalue weighted by Crippen LogP contribution is -2.36. The van der Waals surface area contributed by atoms with Crippen molar-refractivity contribution in [3.63, 3.8) is 0 Å². The van der Waals surface area contributed by atoms with Gasteiger partial charge in [-0.1, -0.05) is 19.1 Å². The van der Waals surface area contributed by atoms with Crippen molar-refractivity contribution in [2.75, 3.05) is 12.0 Å². The van der Waals surface area contributed by atoms with Crippen LogP contribution in [0.4, 0.5) is 0 Å². The van der Waals surface area contributed by atoms with Gasteiger partial charge in [0.15, 0.2) is 0 Å². The van der Waals surface area contributed by atoms with Gasteiger partial charge in [-0.25, -0.2) is 4.79 Å². The van der Waals surface area contributed by atoms with Crippen LogP contribution in [0.25, 0.3) is 0 Å². The van der Waals surface area contributed by atoms with E-state index in [1.807, 2.05) is 13.2 Å². The lowest BCUT2D eigenvalue weighted by Gasteiger charge is -2.16. The zero-order valence-corrected chi connectivity index (χ0v) is 11.3. The fourth-order valence-electron chi connectivity index (χ4n) is 1.59. The SMILES string of the molecule is CCC(CSC)NC(=O)c1ccccc1C(=O)O. The Morgan fingerprint density at radius 1 is 1.33 bits per heavy atom. The molecule has 1 aromatic carbocycles. The van der Waals surface area contributed by atoms with Gasteiger partial charge in [0.05, 0.1) is 11.1 Å². The van der Waals surface area contributed by atoms with Crippen molar-refractivity contribution in [1.29, 1.82) is 0 Å². The van der Waals surface area contributed by atoms with Crippen molar-refractivity contribution in [1.82, 2.24) is 5.32 Å². The van der Waals surface area contributed by atoms with E-state index in [9.17, 15) is 9.59 Å². The van der Waals surface area contributed by atoms with Crippen molar-refractivity contribution in [3.8, 4) is 0 Å². The Morgan fingerprint density at radius 3 is 2.44 bits per heavy atom. The maximum atomic E-state index is 12.0. The summed E-state index contributed by atoms with van der Waals surface area (Å²) in [7, 11) is 0. The number of carboxylic acid groups (broad SMARTS) is 1. The number of carbonyl (C=O) groups excluding carboxylic acids is 1. The number of thioether (sulfide) groups is 1. The maximum absolute atomic E-state index is 12.0. The van der Waals surface area contributed by atoms with Crippen LogP contribution < -0.4 is 5.32 Å². The Bertz CT molecular complexity index is 434. The molecule has 18 heavy (non-hydrogen) atoms. The monoisotopic (exact) mass is 267 g/mol. The van der Waals surface area contributed by atoms with Gasteiger partial charge in [-0.05, 0) is 24.8 Å². The quantitative estimate of drug-likeness (QED) is 0.829. The fourth-order valence-corrected chi connectivity index (χ4v) is 2.31. The second-order valence-electron chi connectivity index (χ2n) is 3.88. The molecule has 4 nitrogen and oxygen atoms in total. The Kier molecular flexibility index (Phi) is 5.71. The summed E-state index contributed by atoms with van der Waals surface area (Å²) in [5, 5.41) is 11.9. The van der Waals surface area contributed by atoms with E-state index in [0.29, 0.717) is 0 Å². The summed E-state index contributed by atoms with van der Waals surface area (Å²) in [6.07, 6.45) is 2.79. The van der Waals surface area contributed by atoms with Crippen LogP contribution in [0.2, 0.25) is 0 Å². The lowest BCUT2D eigenvalue weighted by molar-refractivity contribution is 0.0690.